The van der Waals surface area contributed by atoms with Crippen molar-refractivity contribution in [1.82, 2.24) is 4.90 Å². The summed E-state index contributed by atoms with van der Waals surface area (Å²) in [6.07, 6.45) is 1.52. The maximum atomic E-state index is 13.1. The largest absolute Gasteiger partial charge is 0.507 e. The van der Waals surface area contributed by atoms with Crippen LogP contribution in [-0.4, -0.2) is 42.4 Å². The van der Waals surface area contributed by atoms with E-state index in [0.29, 0.717) is 23.7 Å². The van der Waals surface area contributed by atoms with E-state index in [1.54, 1.807) is 36.4 Å². The van der Waals surface area contributed by atoms with Crippen LogP contribution in [0.2, 0.25) is 0 Å². The number of benzene rings is 2. The smallest absolute Gasteiger partial charge is 0.296 e. The Morgan fingerprint density at radius 1 is 1.06 bits per heavy atom. The van der Waals surface area contributed by atoms with E-state index in [1.165, 1.54) is 11.2 Å². The van der Waals surface area contributed by atoms with E-state index in [9.17, 15) is 14.7 Å². The SMILES string of the molecule is CCOc1ccc(C(O)=C2C(=O)C(=O)N(Cc3ccco3)[C@@H]2c2ccc(N(C)C)cc2)cc1. The lowest BCUT2D eigenvalue weighted by molar-refractivity contribution is -0.140. The van der Waals surface area contributed by atoms with Crippen LogP contribution < -0.4 is 9.64 Å². The van der Waals surface area contributed by atoms with Gasteiger partial charge in [-0.25, -0.2) is 0 Å². The fourth-order valence-corrected chi connectivity index (χ4v) is 3.95. The third-order valence-corrected chi connectivity index (χ3v) is 5.61. The summed E-state index contributed by atoms with van der Waals surface area (Å²) >= 11 is 0. The number of aliphatic hydroxyl groups excluding tert-OH is 1. The Balaban J connectivity index is 1.81. The molecule has 1 amide bonds. The van der Waals surface area contributed by atoms with E-state index in [1.807, 2.05) is 50.2 Å². The van der Waals surface area contributed by atoms with E-state index in [2.05, 4.69) is 0 Å². The molecule has 1 N–H and O–H groups in total. The maximum absolute atomic E-state index is 13.1. The van der Waals surface area contributed by atoms with Crippen molar-refractivity contribution in [2.45, 2.75) is 19.5 Å². The van der Waals surface area contributed by atoms with Crippen molar-refractivity contribution in [3.05, 3.63) is 89.4 Å². The van der Waals surface area contributed by atoms with E-state index in [4.69, 9.17) is 9.15 Å². The highest BCUT2D eigenvalue weighted by atomic mass is 16.5. The number of rotatable bonds is 7. The number of ketones is 1. The molecule has 2 heterocycles. The van der Waals surface area contributed by atoms with Gasteiger partial charge in [-0.2, -0.15) is 0 Å². The van der Waals surface area contributed by atoms with Crippen LogP contribution in [0.4, 0.5) is 5.69 Å². The number of amides is 1. The molecule has 1 aliphatic heterocycles. The summed E-state index contributed by atoms with van der Waals surface area (Å²) in [6.45, 7) is 2.51. The molecule has 1 aliphatic rings. The van der Waals surface area contributed by atoms with Crippen LogP contribution in [0.25, 0.3) is 5.76 Å². The van der Waals surface area contributed by atoms with Crippen molar-refractivity contribution >= 4 is 23.1 Å². The number of hydrogen-bond donors (Lipinski definition) is 1. The van der Waals surface area contributed by atoms with Crippen LogP contribution in [0, 0.1) is 0 Å². The predicted octanol–water partition coefficient (Wildman–Crippen LogP) is 4.37. The monoisotopic (exact) mass is 446 g/mol. The van der Waals surface area contributed by atoms with Gasteiger partial charge in [0.05, 0.1) is 31.0 Å². The minimum absolute atomic E-state index is 0.0494. The van der Waals surface area contributed by atoms with Crippen molar-refractivity contribution < 1.29 is 23.8 Å². The molecule has 170 valence electrons. The molecule has 1 saturated heterocycles. The van der Waals surface area contributed by atoms with Crippen LogP contribution in [0.5, 0.6) is 5.75 Å². The van der Waals surface area contributed by atoms with Gasteiger partial charge in [0.1, 0.15) is 17.3 Å². The average Bonchev–Trinajstić information content (AvgIpc) is 3.42. The molecule has 7 nitrogen and oxygen atoms in total. The normalized spacial score (nSPS) is 17.4. The first-order valence-electron chi connectivity index (χ1n) is 10.7. The van der Waals surface area contributed by atoms with Gasteiger partial charge in [0.2, 0.25) is 0 Å². The van der Waals surface area contributed by atoms with Crippen molar-refractivity contribution in [1.29, 1.82) is 0 Å². The number of likely N-dealkylation sites (tertiary alicyclic amines) is 1. The van der Waals surface area contributed by atoms with Gasteiger partial charge >= 0.3 is 0 Å². The van der Waals surface area contributed by atoms with Crippen molar-refractivity contribution in [2.24, 2.45) is 0 Å². The molecular weight excluding hydrogens is 420 g/mol. The van der Waals surface area contributed by atoms with Gasteiger partial charge in [0, 0.05) is 25.3 Å². The van der Waals surface area contributed by atoms with E-state index < -0.39 is 17.7 Å². The first-order valence-corrected chi connectivity index (χ1v) is 10.7. The third kappa shape index (κ3) is 4.35. The molecule has 7 heteroatoms. The number of furan rings is 1. The molecule has 1 aromatic heterocycles. The van der Waals surface area contributed by atoms with Crippen molar-refractivity contribution in [3.63, 3.8) is 0 Å². The maximum Gasteiger partial charge on any atom is 0.296 e. The average molecular weight is 447 g/mol. The summed E-state index contributed by atoms with van der Waals surface area (Å²) in [5.74, 6) is -0.425. The summed E-state index contributed by atoms with van der Waals surface area (Å²) in [5.41, 5.74) is 2.18. The molecule has 33 heavy (non-hydrogen) atoms. The number of Topliss-reactive ketones (excluding diaryl/α,β-unsaturated/α-hetero) is 1. The summed E-state index contributed by atoms with van der Waals surface area (Å²) in [7, 11) is 3.87. The zero-order valence-corrected chi connectivity index (χ0v) is 18.8. The molecule has 0 aliphatic carbocycles. The van der Waals surface area contributed by atoms with Crippen molar-refractivity contribution in [3.8, 4) is 5.75 Å². The van der Waals surface area contributed by atoms with E-state index in [0.717, 1.165) is 11.3 Å². The second kappa shape index (κ2) is 9.24. The Kier molecular flexibility index (Phi) is 6.22. The van der Waals surface area contributed by atoms with E-state index in [-0.39, 0.29) is 17.9 Å². The van der Waals surface area contributed by atoms with Gasteiger partial charge in [0.15, 0.2) is 0 Å². The second-order valence-electron chi connectivity index (χ2n) is 7.95. The van der Waals surface area contributed by atoms with Crippen LogP contribution >= 0.6 is 0 Å². The molecule has 4 rings (SSSR count). The topological polar surface area (TPSA) is 83.2 Å². The highest BCUT2D eigenvalue weighted by Gasteiger charge is 2.46. The lowest BCUT2D eigenvalue weighted by atomic mass is 9.95. The molecule has 2 aromatic carbocycles. The third-order valence-electron chi connectivity index (χ3n) is 5.61. The number of hydrogen-bond acceptors (Lipinski definition) is 6. The standard InChI is InChI=1S/C26H26N2O5/c1-4-32-20-13-9-18(10-14-20)24(29)22-23(17-7-11-19(12-8-17)27(2)3)28(26(31)25(22)30)16-21-6-5-15-33-21/h5-15,23,29H,4,16H2,1-3H3/t23-/m1/s1. The fraction of sp³-hybridized carbons (Fsp3) is 0.231. The Morgan fingerprint density at radius 3 is 2.33 bits per heavy atom. The summed E-state index contributed by atoms with van der Waals surface area (Å²) in [6, 6.07) is 17.1. The van der Waals surface area contributed by atoms with Gasteiger partial charge < -0.3 is 24.1 Å². The molecule has 0 radical (unpaired) electrons. The molecule has 1 atom stereocenters. The molecule has 0 spiro atoms. The highest BCUT2D eigenvalue weighted by molar-refractivity contribution is 6.46. The molecule has 3 aromatic rings. The molecule has 0 bridgehead atoms. The number of carbonyl (C=O) groups is 2. The lowest BCUT2D eigenvalue weighted by Crippen LogP contribution is -2.29. The van der Waals surface area contributed by atoms with Gasteiger partial charge in [-0.3, -0.25) is 9.59 Å². The number of aliphatic hydroxyl groups is 1. The lowest BCUT2D eigenvalue weighted by Gasteiger charge is -2.25. The van der Waals surface area contributed by atoms with Gasteiger partial charge in [0.25, 0.3) is 11.7 Å². The predicted molar refractivity (Wildman–Crippen MR) is 125 cm³/mol. The minimum atomic E-state index is -0.752. The quantitative estimate of drug-likeness (QED) is 0.330. The Hall–Kier alpha value is -4.00. The molecule has 0 unspecified atom stereocenters. The second-order valence-corrected chi connectivity index (χ2v) is 7.95. The van der Waals surface area contributed by atoms with Gasteiger partial charge in [-0.05, 0) is 61.0 Å². The number of ether oxygens (including phenoxy) is 1. The minimum Gasteiger partial charge on any atom is -0.507 e. The molecule has 1 fully saturated rings. The Labute approximate surface area is 192 Å². The van der Waals surface area contributed by atoms with Gasteiger partial charge in [-0.1, -0.05) is 12.1 Å². The summed E-state index contributed by atoms with van der Waals surface area (Å²) in [5, 5.41) is 11.2. The summed E-state index contributed by atoms with van der Waals surface area (Å²) < 4.78 is 10.9. The molecule has 0 saturated carbocycles. The summed E-state index contributed by atoms with van der Waals surface area (Å²) in [4.78, 5) is 29.6. The van der Waals surface area contributed by atoms with E-state index >= 15 is 0 Å². The zero-order chi connectivity index (χ0) is 23.5. The number of nitrogens with zero attached hydrogens (tertiary/aromatic N) is 2. The first kappa shape index (κ1) is 22.2. The van der Waals surface area contributed by atoms with Crippen LogP contribution in [-0.2, 0) is 16.1 Å². The van der Waals surface area contributed by atoms with Crippen molar-refractivity contribution in [2.75, 3.05) is 25.6 Å². The van der Waals surface area contributed by atoms with Crippen LogP contribution in [0.1, 0.15) is 29.9 Å². The van der Waals surface area contributed by atoms with Crippen LogP contribution in [0.15, 0.2) is 76.9 Å². The fourth-order valence-electron chi connectivity index (χ4n) is 3.95. The Bertz CT molecular complexity index is 1160. The highest BCUT2D eigenvalue weighted by Crippen LogP contribution is 2.40. The zero-order valence-electron chi connectivity index (χ0n) is 18.8. The van der Waals surface area contributed by atoms with Gasteiger partial charge in [-0.15, -0.1) is 0 Å². The Morgan fingerprint density at radius 2 is 1.76 bits per heavy atom. The number of carbonyl (C=O) groups excluding carboxylic acids is 2. The number of anilines is 1. The molecular formula is C26H26N2O5. The first-order chi connectivity index (χ1) is 15.9. The van der Waals surface area contributed by atoms with Crippen LogP contribution in [0.3, 0.4) is 0 Å².